The minimum absolute atomic E-state index is 0.303. The summed E-state index contributed by atoms with van der Waals surface area (Å²) in [5, 5.41) is 6.91. The van der Waals surface area contributed by atoms with Crippen molar-refractivity contribution >= 4 is 11.4 Å². The van der Waals surface area contributed by atoms with E-state index >= 15 is 0 Å². The molecule has 0 amide bonds. The number of ether oxygens (including phenoxy) is 1. The van der Waals surface area contributed by atoms with Crippen LogP contribution in [-0.2, 0) is 0 Å². The van der Waals surface area contributed by atoms with E-state index in [1.54, 1.807) is 6.07 Å². The maximum absolute atomic E-state index is 13.7. The van der Waals surface area contributed by atoms with Crippen LogP contribution in [0.15, 0.2) is 12.1 Å². The zero-order valence-electron chi connectivity index (χ0n) is 10.6. The van der Waals surface area contributed by atoms with E-state index < -0.39 is 0 Å². The normalized spacial score (nSPS) is 26.1. The highest BCUT2D eigenvalue weighted by Crippen LogP contribution is 2.36. The third-order valence-electron chi connectivity index (χ3n) is 4.10. The average Bonchev–Trinajstić information content (AvgIpc) is 2.57. The van der Waals surface area contributed by atoms with Gasteiger partial charge in [-0.1, -0.05) is 12.8 Å². The summed E-state index contributed by atoms with van der Waals surface area (Å²) in [5.74, 6) is 0.632. The second-order valence-electron chi connectivity index (χ2n) is 5.21. The van der Waals surface area contributed by atoms with Crippen molar-refractivity contribution < 1.29 is 9.13 Å². The van der Waals surface area contributed by atoms with Crippen molar-refractivity contribution in [3.63, 3.8) is 0 Å². The van der Waals surface area contributed by atoms with Crippen LogP contribution < -0.4 is 15.4 Å². The first-order valence-corrected chi connectivity index (χ1v) is 6.66. The maximum Gasteiger partial charge on any atom is 0.167 e. The molecule has 0 spiro atoms. The van der Waals surface area contributed by atoms with Crippen molar-refractivity contribution in [2.45, 2.75) is 31.7 Å². The molecule has 1 aromatic carbocycles. The van der Waals surface area contributed by atoms with Crippen molar-refractivity contribution in [1.82, 2.24) is 0 Å². The maximum atomic E-state index is 13.7. The number of benzene rings is 1. The zero-order valence-corrected chi connectivity index (χ0v) is 10.6. The van der Waals surface area contributed by atoms with E-state index in [-0.39, 0.29) is 5.82 Å². The number of hydrogen-bond donors (Lipinski definition) is 2. The molecule has 0 saturated heterocycles. The van der Waals surface area contributed by atoms with Crippen molar-refractivity contribution in [3.8, 4) is 5.75 Å². The standard InChI is InChI=1S/C14H19FN2O/c1-18-14-7-13-12(6-10(14)15)16-8-9-4-2-3-5-11(9)17-13/h6-7,9,11,16-17H,2-5,8H2,1H3. The lowest BCUT2D eigenvalue weighted by Crippen LogP contribution is -2.34. The lowest BCUT2D eigenvalue weighted by atomic mass is 9.84. The lowest BCUT2D eigenvalue weighted by Gasteiger charge is -2.30. The predicted octanol–water partition coefficient (Wildman–Crippen LogP) is 3.23. The van der Waals surface area contributed by atoms with Gasteiger partial charge in [-0.2, -0.15) is 0 Å². The predicted molar refractivity (Wildman–Crippen MR) is 70.8 cm³/mol. The highest BCUT2D eigenvalue weighted by molar-refractivity contribution is 5.72. The Morgan fingerprint density at radius 1 is 1.22 bits per heavy atom. The van der Waals surface area contributed by atoms with Gasteiger partial charge in [-0.05, 0) is 18.8 Å². The molecule has 18 heavy (non-hydrogen) atoms. The summed E-state index contributed by atoms with van der Waals surface area (Å²) >= 11 is 0. The van der Waals surface area contributed by atoms with Gasteiger partial charge in [0.25, 0.3) is 0 Å². The molecule has 98 valence electrons. The lowest BCUT2D eigenvalue weighted by molar-refractivity contribution is 0.342. The minimum atomic E-state index is -0.310. The largest absolute Gasteiger partial charge is 0.494 e. The first-order valence-electron chi connectivity index (χ1n) is 6.66. The molecule has 1 saturated carbocycles. The van der Waals surface area contributed by atoms with E-state index in [2.05, 4.69) is 10.6 Å². The van der Waals surface area contributed by atoms with Gasteiger partial charge in [0.1, 0.15) is 0 Å². The Morgan fingerprint density at radius 2 is 2.06 bits per heavy atom. The van der Waals surface area contributed by atoms with Crippen LogP contribution in [0.2, 0.25) is 0 Å². The van der Waals surface area contributed by atoms with Gasteiger partial charge in [0.15, 0.2) is 11.6 Å². The van der Waals surface area contributed by atoms with Gasteiger partial charge >= 0.3 is 0 Å². The monoisotopic (exact) mass is 250 g/mol. The van der Waals surface area contributed by atoms with Crippen LogP contribution in [0.1, 0.15) is 25.7 Å². The number of fused-ring (bicyclic) bond motifs is 2. The molecule has 3 rings (SSSR count). The smallest absolute Gasteiger partial charge is 0.167 e. The molecule has 4 heteroatoms. The summed E-state index contributed by atoms with van der Waals surface area (Å²) < 4.78 is 18.7. The fourth-order valence-electron chi connectivity index (χ4n) is 3.06. The van der Waals surface area contributed by atoms with Crippen molar-refractivity contribution in [2.24, 2.45) is 5.92 Å². The number of methoxy groups -OCH3 is 1. The first-order chi connectivity index (χ1) is 8.78. The Labute approximate surface area is 107 Å². The molecule has 1 aliphatic heterocycles. The molecule has 0 bridgehead atoms. The molecular formula is C14H19FN2O. The second-order valence-corrected chi connectivity index (χ2v) is 5.21. The van der Waals surface area contributed by atoms with E-state index in [0.29, 0.717) is 17.7 Å². The topological polar surface area (TPSA) is 33.3 Å². The molecule has 1 fully saturated rings. The molecule has 2 N–H and O–H groups in total. The van der Waals surface area contributed by atoms with Crippen LogP contribution in [0.3, 0.4) is 0 Å². The van der Waals surface area contributed by atoms with Crippen molar-refractivity contribution in [3.05, 3.63) is 17.9 Å². The summed E-state index contributed by atoms with van der Waals surface area (Å²) in [7, 11) is 1.50. The first kappa shape index (κ1) is 11.6. The molecular weight excluding hydrogens is 231 g/mol. The minimum Gasteiger partial charge on any atom is -0.494 e. The third kappa shape index (κ3) is 2.00. The third-order valence-corrected chi connectivity index (χ3v) is 4.10. The SMILES string of the molecule is COc1cc2c(cc1F)NCC1CCCCC1N2. The number of hydrogen-bond acceptors (Lipinski definition) is 3. The van der Waals surface area contributed by atoms with Gasteiger partial charge in [-0.3, -0.25) is 0 Å². The summed E-state index contributed by atoms with van der Waals surface area (Å²) in [4.78, 5) is 0. The van der Waals surface area contributed by atoms with Crippen LogP contribution in [0, 0.1) is 11.7 Å². The fraction of sp³-hybridized carbons (Fsp3) is 0.571. The summed E-state index contributed by atoms with van der Waals surface area (Å²) in [6.45, 7) is 0.927. The molecule has 2 unspecified atom stereocenters. The Bertz CT molecular complexity index is 450. The van der Waals surface area contributed by atoms with Crippen LogP contribution in [0.25, 0.3) is 0 Å². The highest BCUT2D eigenvalue weighted by atomic mass is 19.1. The number of halogens is 1. The summed E-state index contributed by atoms with van der Waals surface area (Å²) in [6.07, 6.45) is 5.03. The Morgan fingerprint density at radius 3 is 2.89 bits per heavy atom. The Kier molecular flexibility index (Phi) is 3.02. The molecule has 3 nitrogen and oxygen atoms in total. The van der Waals surface area contributed by atoms with E-state index in [9.17, 15) is 4.39 Å². The van der Waals surface area contributed by atoms with Crippen LogP contribution in [-0.4, -0.2) is 19.7 Å². The molecule has 1 heterocycles. The molecule has 1 aliphatic carbocycles. The number of rotatable bonds is 1. The molecule has 1 aromatic rings. The van der Waals surface area contributed by atoms with Gasteiger partial charge < -0.3 is 15.4 Å². The Balaban J connectivity index is 1.92. The average molecular weight is 250 g/mol. The number of nitrogens with one attached hydrogen (secondary N) is 2. The van der Waals surface area contributed by atoms with Gasteiger partial charge in [-0.15, -0.1) is 0 Å². The van der Waals surface area contributed by atoms with Gasteiger partial charge in [-0.25, -0.2) is 4.39 Å². The van der Waals surface area contributed by atoms with Gasteiger partial charge in [0.2, 0.25) is 0 Å². The quantitative estimate of drug-likeness (QED) is 0.802. The molecule has 2 atom stereocenters. The van der Waals surface area contributed by atoms with Crippen molar-refractivity contribution in [2.75, 3.05) is 24.3 Å². The fourth-order valence-corrected chi connectivity index (χ4v) is 3.06. The van der Waals surface area contributed by atoms with E-state index in [1.807, 2.05) is 0 Å². The van der Waals surface area contributed by atoms with Crippen LogP contribution >= 0.6 is 0 Å². The number of anilines is 2. The van der Waals surface area contributed by atoms with Gasteiger partial charge in [0.05, 0.1) is 18.5 Å². The molecule has 2 aliphatic rings. The van der Waals surface area contributed by atoms with Gasteiger partial charge in [0, 0.05) is 24.7 Å². The van der Waals surface area contributed by atoms with E-state index in [0.717, 1.165) is 17.9 Å². The zero-order chi connectivity index (χ0) is 12.5. The van der Waals surface area contributed by atoms with Crippen LogP contribution in [0.5, 0.6) is 5.75 Å². The second kappa shape index (κ2) is 4.67. The Hall–Kier alpha value is -1.45. The summed E-state index contributed by atoms with van der Waals surface area (Å²) in [5.41, 5.74) is 1.81. The van der Waals surface area contributed by atoms with Crippen LogP contribution in [0.4, 0.5) is 15.8 Å². The van der Waals surface area contributed by atoms with E-state index in [4.69, 9.17) is 4.74 Å². The summed E-state index contributed by atoms with van der Waals surface area (Å²) in [6, 6.07) is 3.79. The molecule has 0 radical (unpaired) electrons. The molecule has 0 aromatic heterocycles. The van der Waals surface area contributed by atoms with E-state index in [1.165, 1.54) is 38.9 Å². The van der Waals surface area contributed by atoms with Crippen molar-refractivity contribution in [1.29, 1.82) is 0 Å². The highest BCUT2D eigenvalue weighted by Gasteiger charge is 2.28.